The van der Waals surface area contributed by atoms with Crippen molar-refractivity contribution in [1.82, 2.24) is 0 Å². The molecule has 0 N–H and O–H groups in total. The van der Waals surface area contributed by atoms with Crippen LogP contribution in [0.15, 0.2) is 30.3 Å². The largest absolute Gasteiger partial charge is 0.334 e. The highest BCUT2D eigenvalue weighted by molar-refractivity contribution is 7.54. The maximum absolute atomic E-state index is 12.6. The molecular formula is C16H25O3P. The normalized spacial score (nSPS) is 12.8. The van der Waals surface area contributed by atoms with Crippen LogP contribution < -0.4 is 0 Å². The van der Waals surface area contributed by atoms with Gasteiger partial charge in [-0.05, 0) is 40.2 Å². The Kier molecular flexibility index (Phi) is 6.67. The standard InChI is InChI=1S/C16H25O3P/c1-13(2)18-20(17,19-14(3)4)12-6-7-16-10-8-15(5)9-11-16/h6-11,13-14H,12H2,1-5H3/b7-6+. The van der Waals surface area contributed by atoms with Gasteiger partial charge in [0, 0.05) is 0 Å². The average Bonchev–Trinajstić information content (AvgIpc) is 2.29. The molecule has 0 unspecified atom stereocenters. The van der Waals surface area contributed by atoms with Gasteiger partial charge in [-0.2, -0.15) is 0 Å². The molecular weight excluding hydrogens is 271 g/mol. The number of benzene rings is 1. The van der Waals surface area contributed by atoms with Crippen molar-refractivity contribution in [2.75, 3.05) is 6.16 Å². The zero-order valence-corrected chi connectivity index (χ0v) is 13.9. The Morgan fingerprint density at radius 2 is 1.55 bits per heavy atom. The van der Waals surface area contributed by atoms with Gasteiger partial charge in [0.05, 0.1) is 18.4 Å². The molecule has 0 aliphatic rings. The second-order valence-corrected chi connectivity index (χ2v) is 7.42. The van der Waals surface area contributed by atoms with Crippen LogP contribution in [0.2, 0.25) is 0 Å². The van der Waals surface area contributed by atoms with Crippen LogP contribution in [-0.4, -0.2) is 18.4 Å². The first-order valence-corrected chi connectivity index (χ1v) is 8.72. The first kappa shape index (κ1) is 17.2. The van der Waals surface area contributed by atoms with Crippen LogP contribution in [0.3, 0.4) is 0 Å². The van der Waals surface area contributed by atoms with Crippen LogP contribution >= 0.6 is 7.60 Å². The highest BCUT2D eigenvalue weighted by Crippen LogP contribution is 2.50. The van der Waals surface area contributed by atoms with Crippen LogP contribution in [0.4, 0.5) is 0 Å². The van der Waals surface area contributed by atoms with E-state index >= 15 is 0 Å². The SMILES string of the molecule is Cc1ccc(/C=C/CP(=O)(OC(C)C)OC(C)C)cc1. The minimum Gasteiger partial charge on any atom is -0.306 e. The van der Waals surface area contributed by atoms with Crippen molar-refractivity contribution in [2.24, 2.45) is 0 Å². The van der Waals surface area contributed by atoms with Gasteiger partial charge in [-0.1, -0.05) is 42.0 Å². The Hall–Kier alpha value is -0.890. The summed E-state index contributed by atoms with van der Waals surface area (Å²) < 4.78 is 23.6. The number of aryl methyl sites for hydroxylation is 1. The molecule has 0 amide bonds. The van der Waals surface area contributed by atoms with E-state index in [1.165, 1.54) is 5.56 Å². The van der Waals surface area contributed by atoms with E-state index in [2.05, 4.69) is 19.1 Å². The smallest absolute Gasteiger partial charge is 0.306 e. The van der Waals surface area contributed by atoms with Gasteiger partial charge in [-0.3, -0.25) is 4.57 Å². The third-order valence-corrected chi connectivity index (χ3v) is 4.60. The van der Waals surface area contributed by atoms with Gasteiger partial charge >= 0.3 is 7.60 Å². The molecule has 1 aromatic rings. The molecule has 0 spiro atoms. The van der Waals surface area contributed by atoms with E-state index in [9.17, 15) is 4.57 Å². The summed E-state index contributed by atoms with van der Waals surface area (Å²) in [6.45, 7) is 9.49. The number of hydrogen-bond acceptors (Lipinski definition) is 3. The fraction of sp³-hybridized carbons (Fsp3) is 0.500. The molecule has 0 fully saturated rings. The molecule has 20 heavy (non-hydrogen) atoms. The van der Waals surface area contributed by atoms with E-state index in [1.54, 1.807) is 0 Å². The summed E-state index contributed by atoms with van der Waals surface area (Å²) in [7, 11) is -3.06. The highest BCUT2D eigenvalue weighted by atomic mass is 31.2. The Labute approximate surface area is 122 Å². The Morgan fingerprint density at radius 3 is 2.00 bits per heavy atom. The second-order valence-electron chi connectivity index (χ2n) is 5.41. The molecule has 0 aromatic heterocycles. The summed E-state index contributed by atoms with van der Waals surface area (Å²) >= 11 is 0. The number of hydrogen-bond donors (Lipinski definition) is 0. The topological polar surface area (TPSA) is 35.5 Å². The molecule has 0 aliphatic heterocycles. The first-order valence-electron chi connectivity index (χ1n) is 7.00. The van der Waals surface area contributed by atoms with Gasteiger partial charge in [0.1, 0.15) is 0 Å². The van der Waals surface area contributed by atoms with Crippen LogP contribution in [0.5, 0.6) is 0 Å². The summed E-state index contributed by atoms with van der Waals surface area (Å²) in [4.78, 5) is 0. The van der Waals surface area contributed by atoms with Crippen LogP contribution in [0.1, 0.15) is 38.8 Å². The summed E-state index contributed by atoms with van der Waals surface area (Å²) in [5.41, 5.74) is 2.30. The van der Waals surface area contributed by atoms with Gasteiger partial charge in [0.25, 0.3) is 0 Å². The van der Waals surface area contributed by atoms with Crippen molar-refractivity contribution >= 4 is 13.7 Å². The Morgan fingerprint density at radius 1 is 1.05 bits per heavy atom. The summed E-state index contributed by atoms with van der Waals surface area (Å²) in [6.07, 6.45) is 3.85. The summed E-state index contributed by atoms with van der Waals surface area (Å²) in [5, 5.41) is 0. The van der Waals surface area contributed by atoms with Crippen molar-refractivity contribution in [3.63, 3.8) is 0 Å². The molecule has 112 valence electrons. The Bertz CT molecular complexity index is 461. The van der Waals surface area contributed by atoms with Gasteiger partial charge in [-0.15, -0.1) is 0 Å². The molecule has 3 nitrogen and oxygen atoms in total. The summed E-state index contributed by atoms with van der Waals surface area (Å²) in [6, 6.07) is 8.16. The molecule has 0 heterocycles. The lowest BCUT2D eigenvalue weighted by molar-refractivity contribution is 0.144. The van der Waals surface area contributed by atoms with Crippen LogP contribution in [-0.2, 0) is 13.6 Å². The second kappa shape index (κ2) is 7.78. The van der Waals surface area contributed by atoms with E-state index in [0.29, 0.717) is 0 Å². The molecule has 0 saturated carbocycles. The third kappa shape index (κ3) is 6.51. The van der Waals surface area contributed by atoms with E-state index in [1.807, 2.05) is 52.0 Å². The first-order chi connectivity index (χ1) is 9.31. The molecule has 0 saturated heterocycles. The minimum atomic E-state index is -3.06. The van der Waals surface area contributed by atoms with E-state index < -0.39 is 7.60 Å². The fourth-order valence-electron chi connectivity index (χ4n) is 1.75. The van der Waals surface area contributed by atoms with Crippen molar-refractivity contribution in [1.29, 1.82) is 0 Å². The quantitative estimate of drug-likeness (QED) is 0.660. The van der Waals surface area contributed by atoms with Gasteiger partial charge in [0.2, 0.25) is 0 Å². The van der Waals surface area contributed by atoms with Crippen molar-refractivity contribution in [3.8, 4) is 0 Å². The predicted molar refractivity (Wildman–Crippen MR) is 85.1 cm³/mol. The maximum atomic E-state index is 12.6. The van der Waals surface area contributed by atoms with E-state index in [4.69, 9.17) is 9.05 Å². The van der Waals surface area contributed by atoms with Crippen LogP contribution in [0, 0.1) is 6.92 Å². The monoisotopic (exact) mass is 296 g/mol. The molecule has 0 aliphatic carbocycles. The molecule has 4 heteroatoms. The fourth-order valence-corrected chi connectivity index (χ4v) is 3.62. The predicted octanol–water partition coefficient (Wildman–Crippen LogP) is 5.05. The van der Waals surface area contributed by atoms with Crippen molar-refractivity contribution < 1.29 is 13.6 Å². The van der Waals surface area contributed by atoms with Crippen molar-refractivity contribution in [3.05, 3.63) is 41.5 Å². The summed E-state index contributed by atoms with van der Waals surface area (Å²) in [5.74, 6) is 0. The average molecular weight is 296 g/mol. The third-order valence-electron chi connectivity index (χ3n) is 2.46. The lowest BCUT2D eigenvalue weighted by Crippen LogP contribution is -2.09. The minimum absolute atomic E-state index is 0.118. The van der Waals surface area contributed by atoms with Gasteiger partial charge < -0.3 is 9.05 Å². The van der Waals surface area contributed by atoms with Crippen molar-refractivity contribution in [2.45, 2.75) is 46.8 Å². The molecule has 1 rings (SSSR count). The molecule has 0 bridgehead atoms. The molecule has 0 radical (unpaired) electrons. The van der Waals surface area contributed by atoms with Gasteiger partial charge in [0.15, 0.2) is 0 Å². The molecule has 1 aromatic carbocycles. The van der Waals surface area contributed by atoms with E-state index in [-0.39, 0.29) is 18.4 Å². The zero-order chi connectivity index (χ0) is 15.2. The lowest BCUT2D eigenvalue weighted by Gasteiger charge is -2.21. The van der Waals surface area contributed by atoms with Crippen LogP contribution in [0.25, 0.3) is 6.08 Å². The Balaban J connectivity index is 2.70. The number of allylic oxidation sites excluding steroid dienone is 1. The lowest BCUT2D eigenvalue weighted by atomic mass is 10.1. The maximum Gasteiger partial charge on any atom is 0.334 e. The van der Waals surface area contributed by atoms with Gasteiger partial charge in [-0.25, -0.2) is 0 Å². The number of rotatable bonds is 7. The highest BCUT2D eigenvalue weighted by Gasteiger charge is 2.25. The molecule has 0 atom stereocenters. The zero-order valence-electron chi connectivity index (χ0n) is 13.0. The van der Waals surface area contributed by atoms with E-state index in [0.717, 1.165) is 5.56 Å².